The number of benzene rings is 10. The van der Waals surface area contributed by atoms with Crippen LogP contribution in [0.15, 0.2) is 200 Å². The van der Waals surface area contributed by atoms with E-state index in [0.29, 0.717) is 0 Å². The number of hydrogen-bond acceptors (Lipinski definition) is 2. The molecule has 0 radical (unpaired) electrons. The summed E-state index contributed by atoms with van der Waals surface area (Å²) in [6, 6.07) is 74.2. The van der Waals surface area contributed by atoms with Gasteiger partial charge in [-0.05, 0) is 115 Å². The van der Waals surface area contributed by atoms with Crippen molar-refractivity contribution in [2.24, 2.45) is 0 Å². The standard InChI is InChI=1S/C55H35NS/c1-2-14-37(15-3-1)46-28-27-44(50-33-40-18-8-9-19-45(40)54(46)50)41-24-29-53-49(32-41)51-34-52(47-20-10-11-21-48(47)55(51)57-53)56(42-25-22-35-12-4-6-16-38(35)30-42)43-26-23-36-13-5-7-17-39(36)31-43/h1-32,34H,33H2. The summed E-state index contributed by atoms with van der Waals surface area (Å²) in [6.45, 7) is 0. The van der Waals surface area contributed by atoms with Crippen molar-refractivity contribution >= 4 is 80.9 Å². The van der Waals surface area contributed by atoms with Gasteiger partial charge in [-0.1, -0.05) is 158 Å². The SMILES string of the molecule is c1ccc(-c2ccc(-c3ccc4sc5c6ccccc6c(N(c6ccc7ccccc7c6)c6ccc7ccccc7c6)cc5c4c3)c3c2-c2ccccc2C3)cc1. The molecule has 0 amide bonds. The van der Waals surface area contributed by atoms with Gasteiger partial charge in [0.05, 0.1) is 5.69 Å². The lowest BCUT2D eigenvalue weighted by Gasteiger charge is -2.28. The number of nitrogens with zero attached hydrogens (tertiary/aromatic N) is 1. The number of rotatable bonds is 5. The summed E-state index contributed by atoms with van der Waals surface area (Å²) in [7, 11) is 0. The first-order valence-corrected chi connectivity index (χ1v) is 20.5. The van der Waals surface area contributed by atoms with E-state index < -0.39 is 0 Å². The lowest BCUT2D eigenvalue weighted by Crippen LogP contribution is -2.10. The van der Waals surface area contributed by atoms with Gasteiger partial charge in [-0.3, -0.25) is 0 Å². The Morgan fingerprint density at radius 1 is 0.386 bits per heavy atom. The van der Waals surface area contributed by atoms with Crippen LogP contribution >= 0.6 is 11.3 Å². The average Bonchev–Trinajstić information content (AvgIpc) is 3.85. The van der Waals surface area contributed by atoms with Gasteiger partial charge in [0.15, 0.2) is 0 Å². The third-order valence-electron chi connectivity index (χ3n) is 12.0. The van der Waals surface area contributed by atoms with Crippen LogP contribution < -0.4 is 4.90 Å². The largest absolute Gasteiger partial charge is 0.310 e. The smallest absolute Gasteiger partial charge is 0.0547 e. The molecule has 0 fully saturated rings. The second-order valence-corrected chi connectivity index (χ2v) is 16.3. The molecular weight excluding hydrogens is 707 g/mol. The number of hydrogen-bond donors (Lipinski definition) is 0. The van der Waals surface area contributed by atoms with Crippen molar-refractivity contribution in [2.45, 2.75) is 6.42 Å². The Hall–Kier alpha value is -7.00. The van der Waals surface area contributed by atoms with E-state index in [-0.39, 0.29) is 0 Å². The maximum atomic E-state index is 2.47. The van der Waals surface area contributed by atoms with Gasteiger partial charge < -0.3 is 4.90 Å². The second kappa shape index (κ2) is 12.8. The highest BCUT2D eigenvalue weighted by Gasteiger charge is 2.26. The van der Waals surface area contributed by atoms with Crippen molar-refractivity contribution in [2.75, 3.05) is 4.90 Å². The zero-order valence-electron chi connectivity index (χ0n) is 31.1. The number of fused-ring (bicyclic) bond motifs is 10. The van der Waals surface area contributed by atoms with Crippen molar-refractivity contribution in [3.63, 3.8) is 0 Å². The molecule has 10 aromatic carbocycles. The number of thiophene rings is 1. The van der Waals surface area contributed by atoms with Gasteiger partial charge in [0.25, 0.3) is 0 Å². The molecule has 0 unspecified atom stereocenters. The van der Waals surface area contributed by atoms with Crippen molar-refractivity contribution in [1.82, 2.24) is 0 Å². The molecule has 1 aliphatic rings. The Balaban J connectivity index is 1.10. The molecule has 1 nitrogen and oxygen atoms in total. The highest BCUT2D eigenvalue weighted by molar-refractivity contribution is 7.26. The van der Waals surface area contributed by atoms with Gasteiger partial charge in [0.2, 0.25) is 0 Å². The second-order valence-electron chi connectivity index (χ2n) is 15.2. The van der Waals surface area contributed by atoms with Gasteiger partial charge in [0, 0.05) is 42.3 Å². The fourth-order valence-corrected chi connectivity index (χ4v) is 10.6. The molecule has 0 N–H and O–H groups in total. The van der Waals surface area contributed by atoms with Gasteiger partial charge >= 0.3 is 0 Å². The summed E-state index contributed by atoms with van der Waals surface area (Å²) in [4.78, 5) is 2.47. The first-order valence-electron chi connectivity index (χ1n) is 19.7. The highest BCUT2D eigenvalue weighted by atomic mass is 32.1. The van der Waals surface area contributed by atoms with Gasteiger partial charge in [0.1, 0.15) is 0 Å². The average molecular weight is 742 g/mol. The highest BCUT2D eigenvalue weighted by Crippen LogP contribution is 2.50. The van der Waals surface area contributed by atoms with E-state index in [1.165, 1.54) is 103 Å². The Bertz CT molecular complexity index is 3310. The first kappa shape index (κ1) is 32.3. The molecule has 11 aromatic rings. The van der Waals surface area contributed by atoms with Crippen LogP contribution in [0.25, 0.3) is 85.9 Å². The van der Waals surface area contributed by atoms with Crippen LogP contribution in [-0.2, 0) is 6.42 Å². The van der Waals surface area contributed by atoms with Crippen molar-refractivity contribution in [3.8, 4) is 33.4 Å². The molecule has 266 valence electrons. The Morgan fingerprint density at radius 2 is 1.02 bits per heavy atom. The van der Waals surface area contributed by atoms with Crippen molar-refractivity contribution < 1.29 is 0 Å². The maximum Gasteiger partial charge on any atom is 0.0547 e. The maximum absolute atomic E-state index is 2.47. The van der Waals surface area contributed by atoms with E-state index >= 15 is 0 Å². The molecular formula is C55H35NS. The van der Waals surface area contributed by atoms with Crippen LogP contribution in [0.2, 0.25) is 0 Å². The van der Waals surface area contributed by atoms with E-state index in [2.05, 4.69) is 205 Å². The molecule has 0 aliphatic heterocycles. The predicted octanol–water partition coefficient (Wildman–Crippen LogP) is 15.9. The normalized spacial score (nSPS) is 12.1. The first-order chi connectivity index (χ1) is 28.2. The molecule has 1 heterocycles. The minimum atomic E-state index is 0.936. The minimum absolute atomic E-state index is 0.936. The van der Waals surface area contributed by atoms with Crippen LogP contribution in [0.3, 0.4) is 0 Å². The van der Waals surface area contributed by atoms with Gasteiger partial charge in [-0.2, -0.15) is 0 Å². The molecule has 2 heteroatoms. The van der Waals surface area contributed by atoms with E-state index in [1.54, 1.807) is 0 Å². The molecule has 0 bridgehead atoms. The molecule has 1 aliphatic carbocycles. The minimum Gasteiger partial charge on any atom is -0.310 e. The van der Waals surface area contributed by atoms with E-state index in [9.17, 15) is 0 Å². The zero-order valence-corrected chi connectivity index (χ0v) is 31.9. The molecule has 0 saturated carbocycles. The Morgan fingerprint density at radius 3 is 1.77 bits per heavy atom. The summed E-state index contributed by atoms with van der Waals surface area (Å²) >= 11 is 1.91. The number of anilines is 3. The lowest BCUT2D eigenvalue weighted by molar-refractivity contribution is 1.26. The molecule has 0 atom stereocenters. The summed E-state index contributed by atoms with van der Waals surface area (Å²) in [5, 5.41) is 10.0. The molecule has 12 rings (SSSR count). The zero-order chi connectivity index (χ0) is 37.5. The molecule has 0 spiro atoms. The van der Waals surface area contributed by atoms with Crippen LogP contribution in [0, 0.1) is 0 Å². The fourth-order valence-electron chi connectivity index (χ4n) is 9.37. The summed E-state index contributed by atoms with van der Waals surface area (Å²) in [5.41, 5.74) is 14.2. The van der Waals surface area contributed by atoms with Gasteiger partial charge in [-0.25, -0.2) is 0 Å². The monoisotopic (exact) mass is 741 g/mol. The lowest BCUT2D eigenvalue weighted by atomic mass is 9.89. The van der Waals surface area contributed by atoms with E-state index in [0.717, 1.165) is 17.8 Å². The fraction of sp³-hybridized carbons (Fsp3) is 0.0182. The van der Waals surface area contributed by atoms with Crippen LogP contribution in [0.1, 0.15) is 11.1 Å². The molecule has 57 heavy (non-hydrogen) atoms. The molecule has 0 saturated heterocycles. The summed E-state index contributed by atoms with van der Waals surface area (Å²) < 4.78 is 2.63. The van der Waals surface area contributed by atoms with Crippen LogP contribution in [-0.4, -0.2) is 0 Å². The quantitative estimate of drug-likeness (QED) is 0.170. The summed E-state index contributed by atoms with van der Waals surface area (Å²) in [5.74, 6) is 0. The van der Waals surface area contributed by atoms with Crippen LogP contribution in [0.5, 0.6) is 0 Å². The van der Waals surface area contributed by atoms with E-state index in [1.807, 2.05) is 11.3 Å². The topological polar surface area (TPSA) is 3.24 Å². The predicted molar refractivity (Wildman–Crippen MR) is 246 cm³/mol. The molecule has 1 aromatic heterocycles. The van der Waals surface area contributed by atoms with E-state index in [4.69, 9.17) is 0 Å². The van der Waals surface area contributed by atoms with Crippen molar-refractivity contribution in [3.05, 3.63) is 211 Å². The van der Waals surface area contributed by atoms with Crippen LogP contribution in [0.4, 0.5) is 17.1 Å². The summed E-state index contributed by atoms with van der Waals surface area (Å²) in [6.07, 6.45) is 0.936. The Kier molecular flexibility index (Phi) is 7.23. The Labute approximate surface area is 335 Å². The van der Waals surface area contributed by atoms with Gasteiger partial charge in [-0.15, -0.1) is 11.3 Å². The third kappa shape index (κ3) is 5.15. The van der Waals surface area contributed by atoms with Crippen molar-refractivity contribution in [1.29, 1.82) is 0 Å². The third-order valence-corrected chi connectivity index (χ3v) is 13.3.